The van der Waals surface area contributed by atoms with Gasteiger partial charge in [-0.2, -0.15) is 0 Å². The normalized spacial score (nSPS) is 22.3. The van der Waals surface area contributed by atoms with Gasteiger partial charge in [-0.1, -0.05) is 40.9 Å². The zero-order valence-corrected chi connectivity index (χ0v) is 12.2. The molecular weight excluding hydrogens is 314 g/mol. The standard InChI is InChI=1S/C12H10Cl4N2/c13-9-3-6(17)1-2-7(9)8-5-12(15,16)11(18)4-10(8)14/h1-5,10H,17-18H2. The molecule has 1 aliphatic rings. The molecular formula is C12H10Cl4N2. The molecule has 2 nitrogen and oxygen atoms in total. The number of nitrogen functional groups attached to an aromatic ring is 1. The second-order valence-corrected chi connectivity index (χ2v) is 6.25. The van der Waals surface area contributed by atoms with Crippen molar-refractivity contribution in [1.82, 2.24) is 0 Å². The Balaban J connectivity index is 2.51. The summed E-state index contributed by atoms with van der Waals surface area (Å²) in [5.74, 6) is 0. The molecule has 0 saturated carbocycles. The number of benzene rings is 1. The quantitative estimate of drug-likeness (QED) is 0.607. The summed E-state index contributed by atoms with van der Waals surface area (Å²) < 4.78 is -1.27. The topological polar surface area (TPSA) is 52.0 Å². The molecule has 1 aromatic carbocycles. The smallest absolute Gasteiger partial charge is 0.175 e. The molecule has 1 aromatic rings. The zero-order chi connectivity index (χ0) is 13.5. The van der Waals surface area contributed by atoms with Crippen LogP contribution in [0.5, 0.6) is 0 Å². The summed E-state index contributed by atoms with van der Waals surface area (Å²) in [7, 11) is 0. The molecule has 0 aliphatic heterocycles. The van der Waals surface area contributed by atoms with Crippen LogP contribution < -0.4 is 11.5 Å². The predicted octanol–water partition coefficient (Wildman–Crippen LogP) is 3.94. The Hall–Kier alpha value is -0.540. The van der Waals surface area contributed by atoms with E-state index in [1.807, 2.05) is 0 Å². The molecule has 96 valence electrons. The van der Waals surface area contributed by atoms with Crippen LogP contribution in [0.25, 0.3) is 5.57 Å². The Morgan fingerprint density at radius 1 is 1.17 bits per heavy atom. The summed E-state index contributed by atoms with van der Waals surface area (Å²) in [5.41, 5.74) is 13.7. The van der Waals surface area contributed by atoms with Crippen molar-refractivity contribution in [2.24, 2.45) is 5.73 Å². The lowest BCUT2D eigenvalue weighted by Crippen LogP contribution is -2.26. The van der Waals surface area contributed by atoms with Crippen LogP contribution in [-0.4, -0.2) is 9.71 Å². The van der Waals surface area contributed by atoms with Gasteiger partial charge in [-0.25, -0.2) is 0 Å². The van der Waals surface area contributed by atoms with Gasteiger partial charge in [-0.3, -0.25) is 0 Å². The first-order valence-electron chi connectivity index (χ1n) is 5.09. The van der Waals surface area contributed by atoms with Crippen molar-refractivity contribution >= 4 is 57.7 Å². The van der Waals surface area contributed by atoms with Crippen molar-refractivity contribution in [1.29, 1.82) is 0 Å². The van der Waals surface area contributed by atoms with Crippen LogP contribution >= 0.6 is 46.4 Å². The van der Waals surface area contributed by atoms with Gasteiger partial charge >= 0.3 is 0 Å². The van der Waals surface area contributed by atoms with E-state index in [0.717, 1.165) is 5.56 Å². The van der Waals surface area contributed by atoms with Gasteiger partial charge in [0, 0.05) is 11.4 Å². The van der Waals surface area contributed by atoms with E-state index in [2.05, 4.69) is 0 Å². The van der Waals surface area contributed by atoms with Crippen LogP contribution in [0.3, 0.4) is 0 Å². The number of hydrogen-bond donors (Lipinski definition) is 2. The minimum atomic E-state index is -1.27. The molecule has 0 aromatic heterocycles. The van der Waals surface area contributed by atoms with E-state index >= 15 is 0 Å². The fourth-order valence-electron chi connectivity index (χ4n) is 1.71. The Bertz CT molecular complexity index is 549. The maximum absolute atomic E-state index is 6.22. The van der Waals surface area contributed by atoms with E-state index in [0.29, 0.717) is 22.0 Å². The summed E-state index contributed by atoms with van der Waals surface area (Å²) in [4.78, 5) is 0. The van der Waals surface area contributed by atoms with Gasteiger partial charge < -0.3 is 11.5 Å². The van der Waals surface area contributed by atoms with Crippen molar-refractivity contribution in [2.45, 2.75) is 9.71 Å². The average Bonchev–Trinajstić information content (AvgIpc) is 2.24. The van der Waals surface area contributed by atoms with Gasteiger partial charge in [-0.15, -0.1) is 11.6 Å². The highest BCUT2D eigenvalue weighted by molar-refractivity contribution is 6.52. The molecule has 0 bridgehead atoms. The SMILES string of the molecule is NC1=CC(Cl)C(c2ccc(N)cc2Cl)=CC1(Cl)Cl. The van der Waals surface area contributed by atoms with Crippen LogP contribution in [0, 0.1) is 0 Å². The van der Waals surface area contributed by atoms with E-state index in [-0.39, 0.29) is 0 Å². The monoisotopic (exact) mass is 322 g/mol. The number of rotatable bonds is 1. The molecule has 18 heavy (non-hydrogen) atoms. The van der Waals surface area contributed by atoms with Crippen LogP contribution in [0.4, 0.5) is 5.69 Å². The lowest BCUT2D eigenvalue weighted by atomic mass is 9.95. The summed E-state index contributed by atoms with van der Waals surface area (Å²) in [5, 5.41) is 0.0571. The number of hydrogen-bond acceptors (Lipinski definition) is 2. The van der Waals surface area contributed by atoms with Gasteiger partial charge in [-0.05, 0) is 35.4 Å². The molecule has 2 rings (SSSR count). The molecule has 0 radical (unpaired) electrons. The second kappa shape index (κ2) is 4.86. The highest BCUT2D eigenvalue weighted by Gasteiger charge is 2.32. The maximum Gasteiger partial charge on any atom is 0.175 e. The number of alkyl halides is 3. The highest BCUT2D eigenvalue weighted by atomic mass is 35.5. The highest BCUT2D eigenvalue weighted by Crippen LogP contribution is 2.41. The number of anilines is 1. The van der Waals surface area contributed by atoms with Crippen molar-refractivity contribution < 1.29 is 0 Å². The van der Waals surface area contributed by atoms with Crippen LogP contribution in [0.2, 0.25) is 5.02 Å². The third-order valence-electron chi connectivity index (χ3n) is 2.65. The zero-order valence-electron chi connectivity index (χ0n) is 9.13. The fourth-order valence-corrected chi connectivity index (χ4v) is 2.68. The molecule has 0 heterocycles. The van der Waals surface area contributed by atoms with Gasteiger partial charge in [0.1, 0.15) is 0 Å². The van der Waals surface area contributed by atoms with Crippen molar-refractivity contribution in [3.05, 3.63) is 46.6 Å². The summed E-state index contributed by atoms with van der Waals surface area (Å²) in [6.07, 6.45) is 3.20. The van der Waals surface area contributed by atoms with Crippen LogP contribution in [0.15, 0.2) is 36.0 Å². The molecule has 0 saturated heterocycles. The molecule has 0 spiro atoms. The Morgan fingerprint density at radius 2 is 1.83 bits per heavy atom. The van der Waals surface area contributed by atoms with Crippen molar-refractivity contribution in [2.75, 3.05) is 5.73 Å². The van der Waals surface area contributed by atoms with E-state index in [1.165, 1.54) is 0 Å². The molecule has 0 fully saturated rings. The predicted molar refractivity (Wildman–Crippen MR) is 80.2 cm³/mol. The summed E-state index contributed by atoms with van der Waals surface area (Å²) in [6, 6.07) is 5.16. The largest absolute Gasteiger partial charge is 0.400 e. The van der Waals surface area contributed by atoms with Crippen molar-refractivity contribution in [3.8, 4) is 0 Å². The third kappa shape index (κ3) is 2.57. The molecule has 6 heteroatoms. The van der Waals surface area contributed by atoms with Gasteiger partial charge in [0.2, 0.25) is 0 Å². The molecule has 1 aliphatic carbocycles. The second-order valence-electron chi connectivity index (χ2n) is 3.99. The minimum absolute atomic E-state index is 0.307. The first kappa shape index (κ1) is 13.9. The van der Waals surface area contributed by atoms with E-state index in [4.69, 9.17) is 57.9 Å². The van der Waals surface area contributed by atoms with Gasteiger partial charge in [0.15, 0.2) is 4.33 Å². The lowest BCUT2D eigenvalue weighted by molar-refractivity contribution is 1.04. The van der Waals surface area contributed by atoms with Crippen LogP contribution in [-0.2, 0) is 0 Å². The third-order valence-corrected chi connectivity index (χ3v) is 3.98. The first-order chi connectivity index (χ1) is 8.31. The minimum Gasteiger partial charge on any atom is -0.400 e. The average molecular weight is 324 g/mol. The Labute approximate surface area is 125 Å². The van der Waals surface area contributed by atoms with Crippen molar-refractivity contribution in [3.63, 3.8) is 0 Å². The number of allylic oxidation sites excluding steroid dienone is 3. The van der Waals surface area contributed by atoms with Crippen LogP contribution in [0.1, 0.15) is 5.56 Å². The van der Waals surface area contributed by atoms with E-state index in [9.17, 15) is 0 Å². The molecule has 1 atom stereocenters. The summed E-state index contributed by atoms with van der Waals surface area (Å²) >= 11 is 24.5. The molecule has 4 N–H and O–H groups in total. The summed E-state index contributed by atoms with van der Waals surface area (Å²) in [6.45, 7) is 0. The Kier molecular flexibility index (Phi) is 3.75. The molecule has 0 amide bonds. The van der Waals surface area contributed by atoms with Gasteiger partial charge in [0.25, 0.3) is 0 Å². The maximum atomic E-state index is 6.22. The first-order valence-corrected chi connectivity index (χ1v) is 6.66. The molecule has 1 unspecified atom stereocenters. The Morgan fingerprint density at radius 3 is 2.44 bits per heavy atom. The van der Waals surface area contributed by atoms with E-state index < -0.39 is 9.71 Å². The number of halogens is 4. The van der Waals surface area contributed by atoms with Gasteiger partial charge in [0.05, 0.1) is 10.4 Å². The fraction of sp³-hybridized carbons (Fsp3) is 0.167. The van der Waals surface area contributed by atoms with E-state index in [1.54, 1.807) is 30.4 Å². The number of nitrogens with two attached hydrogens (primary N) is 2. The lowest BCUT2D eigenvalue weighted by Gasteiger charge is -2.26.